The Balaban J connectivity index is 2.14. The van der Waals surface area contributed by atoms with Crippen molar-refractivity contribution in [1.82, 2.24) is 20.0 Å². The van der Waals surface area contributed by atoms with E-state index in [2.05, 4.69) is 34.5 Å². The van der Waals surface area contributed by atoms with Crippen molar-refractivity contribution < 1.29 is 13.6 Å². The van der Waals surface area contributed by atoms with Gasteiger partial charge in [0.05, 0.1) is 6.04 Å². The first-order valence-electron chi connectivity index (χ1n) is 6.95. The third-order valence-electron chi connectivity index (χ3n) is 3.29. The van der Waals surface area contributed by atoms with Crippen LogP contribution in [0.25, 0.3) is 0 Å². The second-order valence-corrected chi connectivity index (χ2v) is 5.80. The summed E-state index contributed by atoms with van der Waals surface area (Å²) in [5.74, 6) is -0.482. The highest BCUT2D eigenvalue weighted by molar-refractivity contribution is 7.15. The average molecular weight is 329 g/mol. The molecule has 0 bridgehead atoms. The molecule has 1 N–H and O–H groups in total. The predicted molar refractivity (Wildman–Crippen MR) is 79.4 cm³/mol. The molecule has 2 aromatic heterocycles. The van der Waals surface area contributed by atoms with Gasteiger partial charge in [-0.2, -0.15) is 5.10 Å². The van der Waals surface area contributed by atoms with E-state index in [1.807, 2.05) is 11.6 Å². The van der Waals surface area contributed by atoms with Gasteiger partial charge in [0.1, 0.15) is 0 Å². The number of nitrogens with one attached hydrogen (secondary N) is 1. The maximum Gasteiger partial charge on any atom is 0.291 e. The van der Waals surface area contributed by atoms with E-state index < -0.39 is 17.3 Å². The van der Waals surface area contributed by atoms with Crippen LogP contribution in [0.1, 0.15) is 60.3 Å². The number of anilines is 1. The molecule has 0 aliphatic carbocycles. The number of rotatable bonds is 6. The second-order valence-electron chi connectivity index (χ2n) is 4.79. The normalized spacial score (nSPS) is 11.4. The minimum atomic E-state index is -2.69. The van der Waals surface area contributed by atoms with Crippen LogP contribution in [-0.2, 0) is 0 Å². The zero-order valence-corrected chi connectivity index (χ0v) is 13.3. The van der Waals surface area contributed by atoms with Crippen LogP contribution in [0.2, 0.25) is 0 Å². The number of hydrogen-bond acceptors (Lipinski definition) is 5. The molecule has 1 amide bonds. The van der Waals surface area contributed by atoms with Crippen molar-refractivity contribution >= 4 is 22.4 Å². The zero-order chi connectivity index (χ0) is 16.3. The number of carbonyl (C=O) groups is 1. The molecule has 0 saturated heterocycles. The average Bonchev–Trinajstić information content (AvgIpc) is 3.08. The highest BCUT2D eigenvalue weighted by Gasteiger charge is 2.19. The Hall–Kier alpha value is -1.90. The third kappa shape index (κ3) is 3.46. The Morgan fingerprint density at radius 3 is 2.59 bits per heavy atom. The summed E-state index contributed by atoms with van der Waals surface area (Å²) >= 11 is 0.652. The summed E-state index contributed by atoms with van der Waals surface area (Å²) < 4.78 is 26.7. The van der Waals surface area contributed by atoms with E-state index in [4.69, 9.17) is 0 Å². The van der Waals surface area contributed by atoms with Crippen molar-refractivity contribution in [2.45, 2.75) is 46.1 Å². The van der Waals surface area contributed by atoms with Crippen LogP contribution in [0.15, 0.2) is 6.07 Å². The van der Waals surface area contributed by atoms with Gasteiger partial charge in [-0.3, -0.25) is 14.8 Å². The van der Waals surface area contributed by atoms with E-state index in [-0.39, 0.29) is 16.9 Å². The summed E-state index contributed by atoms with van der Waals surface area (Å²) in [6.07, 6.45) is -0.873. The van der Waals surface area contributed by atoms with Gasteiger partial charge in [0.2, 0.25) is 5.13 Å². The highest BCUT2D eigenvalue weighted by Crippen LogP contribution is 2.25. The maximum atomic E-state index is 12.4. The van der Waals surface area contributed by atoms with E-state index >= 15 is 0 Å². The number of nitrogens with zero attached hydrogens (tertiary/aromatic N) is 4. The minimum absolute atomic E-state index is 0.0371. The lowest BCUT2D eigenvalue weighted by molar-refractivity contribution is 0.102. The van der Waals surface area contributed by atoms with Gasteiger partial charge in [0.15, 0.2) is 10.7 Å². The molecule has 22 heavy (non-hydrogen) atoms. The van der Waals surface area contributed by atoms with Gasteiger partial charge in [-0.05, 0) is 25.8 Å². The van der Waals surface area contributed by atoms with Crippen LogP contribution < -0.4 is 5.32 Å². The minimum Gasteiger partial charge on any atom is -0.295 e. The van der Waals surface area contributed by atoms with Crippen molar-refractivity contribution in [1.29, 1.82) is 0 Å². The smallest absolute Gasteiger partial charge is 0.291 e. The van der Waals surface area contributed by atoms with Crippen LogP contribution >= 0.6 is 11.3 Å². The van der Waals surface area contributed by atoms with Gasteiger partial charge in [-0.25, -0.2) is 8.78 Å². The molecule has 0 unspecified atom stereocenters. The first kappa shape index (κ1) is 16.5. The quantitative estimate of drug-likeness (QED) is 0.879. The monoisotopic (exact) mass is 329 g/mol. The molecule has 0 radical (unpaired) electrons. The number of halogens is 2. The Bertz CT molecular complexity index is 651. The van der Waals surface area contributed by atoms with Gasteiger partial charge in [0, 0.05) is 5.69 Å². The topological polar surface area (TPSA) is 72.7 Å². The Morgan fingerprint density at radius 2 is 2.05 bits per heavy atom. The highest BCUT2D eigenvalue weighted by atomic mass is 32.1. The molecule has 0 aliphatic rings. The lowest BCUT2D eigenvalue weighted by Crippen LogP contribution is -2.15. The Morgan fingerprint density at radius 1 is 1.36 bits per heavy atom. The van der Waals surface area contributed by atoms with Crippen molar-refractivity contribution in [3.8, 4) is 0 Å². The molecule has 120 valence electrons. The SMILES string of the molecule is CCC(CC)n1nc(C(=O)Nc2nnc(C(F)F)s2)cc1C. The molecule has 0 spiro atoms. The molecule has 0 atom stereocenters. The van der Waals surface area contributed by atoms with Crippen LogP contribution in [0.5, 0.6) is 0 Å². The summed E-state index contributed by atoms with van der Waals surface area (Å²) in [7, 11) is 0. The summed E-state index contributed by atoms with van der Waals surface area (Å²) in [4.78, 5) is 12.1. The van der Waals surface area contributed by atoms with Gasteiger partial charge in [0.25, 0.3) is 12.3 Å². The summed E-state index contributed by atoms with van der Waals surface area (Å²) in [5, 5.41) is 13.2. The van der Waals surface area contributed by atoms with Gasteiger partial charge < -0.3 is 0 Å². The van der Waals surface area contributed by atoms with Crippen molar-refractivity contribution in [2.75, 3.05) is 5.32 Å². The van der Waals surface area contributed by atoms with Crippen LogP contribution in [-0.4, -0.2) is 25.9 Å². The number of hydrogen-bond donors (Lipinski definition) is 1. The summed E-state index contributed by atoms with van der Waals surface area (Å²) in [6, 6.07) is 1.90. The molecule has 9 heteroatoms. The molecule has 2 rings (SSSR count). The van der Waals surface area contributed by atoms with E-state index in [9.17, 15) is 13.6 Å². The van der Waals surface area contributed by atoms with Gasteiger partial charge in [-0.15, -0.1) is 10.2 Å². The molecule has 0 fully saturated rings. The van der Waals surface area contributed by atoms with Crippen molar-refractivity contribution in [2.24, 2.45) is 0 Å². The molecule has 2 aromatic rings. The number of amides is 1. The molecule has 0 saturated carbocycles. The van der Waals surface area contributed by atoms with Crippen molar-refractivity contribution in [3.63, 3.8) is 0 Å². The number of alkyl halides is 2. The molecule has 6 nitrogen and oxygen atoms in total. The first-order chi connectivity index (χ1) is 10.5. The van der Waals surface area contributed by atoms with Crippen LogP contribution in [0.4, 0.5) is 13.9 Å². The zero-order valence-electron chi connectivity index (χ0n) is 12.5. The maximum absolute atomic E-state index is 12.4. The number of aryl methyl sites for hydroxylation is 1. The van der Waals surface area contributed by atoms with Crippen molar-refractivity contribution in [3.05, 3.63) is 22.5 Å². The lowest BCUT2D eigenvalue weighted by Gasteiger charge is -2.14. The predicted octanol–water partition coefficient (Wildman–Crippen LogP) is 3.59. The standard InChI is InChI=1S/C13H17F2N5OS/c1-4-8(5-2)20-7(3)6-9(19-20)11(21)16-13-18-17-12(22-13)10(14)15/h6,8,10H,4-5H2,1-3H3,(H,16,18,21). The Kier molecular flexibility index (Phi) is 5.17. The van der Waals surface area contributed by atoms with Crippen LogP contribution in [0, 0.1) is 6.92 Å². The largest absolute Gasteiger partial charge is 0.295 e. The van der Waals surface area contributed by atoms with Gasteiger partial charge in [-0.1, -0.05) is 25.2 Å². The first-order valence-corrected chi connectivity index (χ1v) is 7.76. The van der Waals surface area contributed by atoms with E-state index in [1.165, 1.54) is 0 Å². The lowest BCUT2D eigenvalue weighted by atomic mass is 10.2. The number of aromatic nitrogens is 4. The fraction of sp³-hybridized carbons (Fsp3) is 0.538. The number of carbonyl (C=O) groups excluding carboxylic acids is 1. The second kappa shape index (κ2) is 6.91. The van der Waals surface area contributed by atoms with E-state index in [0.29, 0.717) is 11.3 Å². The summed E-state index contributed by atoms with van der Waals surface area (Å²) in [6.45, 7) is 5.99. The molecular weight excluding hydrogens is 312 g/mol. The van der Waals surface area contributed by atoms with E-state index in [0.717, 1.165) is 18.5 Å². The fourth-order valence-corrected chi connectivity index (χ4v) is 2.73. The van der Waals surface area contributed by atoms with E-state index in [1.54, 1.807) is 6.07 Å². The molecule has 0 aliphatic heterocycles. The van der Waals surface area contributed by atoms with Gasteiger partial charge >= 0.3 is 0 Å². The Labute approximate surface area is 130 Å². The fourth-order valence-electron chi connectivity index (χ4n) is 2.14. The molecule has 2 heterocycles. The van der Waals surface area contributed by atoms with Crippen LogP contribution in [0.3, 0.4) is 0 Å². The molecule has 0 aromatic carbocycles. The summed E-state index contributed by atoms with van der Waals surface area (Å²) in [5.41, 5.74) is 1.11. The molecular formula is C13H17F2N5OS. The third-order valence-corrected chi connectivity index (χ3v) is 4.14.